The molecule has 1 saturated heterocycles. The maximum atomic E-state index is 12.2. The highest BCUT2D eigenvalue weighted by atomic mass is 16.6. The number of carbonyl (C=O) groups is 1. The largest absolute Gasteiger partial charge is 0.363 e. The summed E-state index contributed by atoms with van der Waals surface area (Å²) in [6.45, 7) is 3.75. The fourth-order valence-corrected chi connectivity index (χ4v) is 3.47. The summed E-state index contributed by atoms with van der Waals surface area (Å²) in [5.74, 6) is 0.766. The molecule has 1 aliphatic heterocycles. The summed E-state index contributed by atoms with van der Waals surface area (Å²) in [4.78, 5) is 32.1. The Morgan fingerprint density at radius 3 is 2.64 bits per heavy atom. The Kier molecular flexibility index (Phi) is 4.99. The number of imidazole rings is 1. The van der Waals surface area contributed by atoms with Gasteiger partial charge in [0.25, 0.3) is 11.6 Å². The summed E-state index contributed by atoms with van der Waals surface area (Å²) in [6, 6.07) is 5.00. The van der Waals surface area contributed by atoms with E-state index in [9.17, 15) is 14.9 Å². The summed E-state index contributed by atoms with van der Waals surface area (Å²) in [5.41, 5.74) is 0.904. The number of nitro groups is 1. The second-order valence-electron chi connectivity index (χ2n) is 7.43. The first-order valence-electron chi connectivity index (χ1n) is 9.54. The van der Waals surface area contributed by atoms with Gasteiger partial charge in [0.05, 0.1) is 11.5 Å². The second-order valence-corrected chi connectivity index (χ2v) is 7.43. The summed E-state index contributed by atoms with van der Waals surface area (Å²) in [6.07, 6.45) is 5.68. The zero-order chi connectivity index (χ0) is 19.7. The molecular weight excluding hydrogens is 360 g/mol. The number of rotatable bonds is 6. The van der Waals surface area contributed by atoms with E-state index >= 15 is 0 Å². The molecule has 2 aliphatic rings. The smallest absolute Gasteiger partial charge is 0.293 e. The topological polar surface area (TPSA) is 96.5 Å². The van der Waals surface area contributed by atoms with Crippen molar-refractivity contribution in [3.05, 3.63) is 52.1 Å². The highest BCUT2D eigenvalue weighted by molar-refractivity contribution is 5.96. The number of carbonyl (C=O) groups excluding carboxylic acids is 1. The Morgan fingerprint density at radius 1 is 1.29 bits per heavy atom. The summed E-state index contributed by atoms with van der Waals surface area (Å²) >= 11 is 0. The average Bonchev–Trinajstić information content (AvgIpc) is 3.42. The number of amides is 1. The van der Waals surface area contributed by atoms with Crippen LogP contribution in [-0.4, -0.2) is 57.5 Å². The number of anilines is 1. The van der Waals surface area contributed by atoms with Gasteiger partial charge >= 0.3 is 0 Å². The van der Waals surface area contributed by atoms with Gasteiger partial charge in [0, 0.05) is 63.3 Å². The number of aromatic nitrogens is 2. The number of nitro benzene ring substituents is 1. The van der Waals surface area contributed by atoms with E-state index in [1.165, 1.54) is 6.07 Å². The molecule has 0 bridgehead atoms. The maximum Gasteiger partial charge on any atom is 0.293 e. The number of nitrogens with zero attached hydrogens (tertiary/aromatic N) is 5. The van der Waals surface area contributed by atoms with Crippen LogP contribution in [0.3, 0.4) is 0 Å². The van der Waals surface area contributed by atoms with Gasteiger partial charge in [-0.15, -0.1) is 0 Å². The molecular formula is C19H24N6O3. The van der Waals surface area contributed by atoms with E-state index < -0.39 is 4.92 Å². The molecule has 28 heavy (non-hydrogen) atoms. The van der Waals surface area contributed by atoms with E-state index in [-0.39, 0.29) is 17.6 Å². The summed E-state index contributed by atoms with van der Waals surface area (Å²) in [7, 11) is 1.98. The zero-order valence-electron chi connectivity index (χ0n) is 15.9. The zero-order valence-corrected chi connectivity index (χ0v) is 15.9. The van der Waals surface area contributed by atoms with E-state index in [4.69, 9.17) is 0 Å². The minimum atomic E-state index is -0.399. The second kappa shape index (κ2) is 7.59. The molecule has 1 saturated carbocycles. The van der Waals surface area contributed by atoms with Gasteiger partial charge in [-0.3, -0.25) is 19.8 Å². The Morgan fingerprint density at radius 2 is 2.04 bits per heavy atom. The average molecular weight is 384 g/mol. The van der Waals surface area contributed by atoms with Crippen molar-refractivity contribution in [3.8, 4) is 0 Å². The number of hydrogen-bond donors (Lipinski definition) is 1. The molecule has 0 atom stereocenters. The summed E-state index contributed by atoms with van der Waals surface area (Å²) in [5, 5.41) is 14.5. The van der Waals surface area contributed by atoms with Crippen molar-refractivity contribution in [1.82, 2.24) is 19.8 Å². The van der Waals surface area contributed by atoms with E-state index in [0.717, 1.165) is 38.3 Å². The molecule has 9 nitrogen and oxygen atoms in total. The number of nitrogens with one attached hydrogen (secondary N) is 1. The molecule has 0 spiro atoms. The standard InChI is InChI=1S/C19H24N6O3/c1-22-7-6-20-18(22)13-23-8-10-24(11-9-23)16-5-2-14(12-17(16)25(27)28)19(26)21-15-3-4-15/h2,5-7,12,15H,3-4,8-11,13H2,1H3,(H,21,26). The van der Waals surface area contributed by atoms with E-state index in [1.54, 1.807) is 18.3 Å². The molecule has 1 amide bonds. The van der Waals surface area contributed by atoms with Gasteiger partial charge in [-0.2, -0.15) is 0 Å². The molecule has 2 aromatic rings. The number of hydrogen-bond acceptors (Lipinski definition) is 6. The van der Waals surface area contributed by atoms with Crippen molar-refractivity contribution >= 4 is 17.3 Å². The molecule has 2 fully saturated rings. The number of piperazine rings is 1. The first kappa shape index (κ1) is 18.4. The van der Waals surface area contributed by atoms with Crippen LogP contribution in [0.4, 0.5) is 11.4 Å². The van der Waals surface area contributed by atoms with Crippen molar-refractivity contribution in [2.45, 2.75) is 25.4 Å². The van der Waals surface area contributed by atoms with Gasteiger partial charge in [0.2, 0.25) is 0 Å². The lowest BCUT2D eigenvalue weighted by atomic mass is 10.1. The van der Waals surface area contributed by atoms with Gasteiger partial charge in [0.15, 0.2) is 0 Å². The molecule has 2 heterocycles. The van der Waals surface area contributed by atoms with E-state index in [2.05, 4.69) is 15.2 Å². The summed E-state index contributed by atoms with van der Waals surface area (Å²) < 4.78 is 2.00. The molecule has 1 N–H and O–H groups in total. The molecule has 9 heteroatoms. The predicted octanol–water partition coefficient (Wildman–Crippen LogP) is 1.54. The highest BCUT2D eigenvalue weighted by Gasteiger charge is 2.27. The third-order valence-corrected chi connectivity index (χ3v) is 5.35. The molecule has 1 aromatic heterocycles. The molecule has 4 rings (SSSR count). The van der Waals surface area contributed by atoms with Crippen molar-refractivity contribution in [2.75, 3.05) is 31.1 Å². The molecule has 1 aliphatic carbocycles. The van der Waals surface area contributed by atoms with E-state index in [1.807, 2.05) is 22.7 Å². The Hall–Kier alpha value is -2.94. The van der Waals surface area contributed by atoms with Crippen molar-refractivity contribution in [3.63, 3.8) is 0 Å². The van der Waals surface area contributed by atoms with Gasteiger partial charge in [-0.05, 0) is 25.0 Å². The molecule has 0 radical (unpaired) electrons. The van der Waals surface area contributed by atoms with Crippen LogP contribution in [0, 0.1) is 10.1 Å². The van der Waals surface area contributed by atoms with Crippen LogP contribution in [0.5, 0.6) is 0 Å². The lowest BCUT2D eigenvalue weighted by molar-refractivity contribution is -0.384. The monoisotopic (exact) mass is 384 g/mol. The highest BCUT2D eigenvalue weighted by Crippen LogP contribution is 2.30. The SMILES string of the molecule is Cn1ccnc1CN1CCN(c2ccc(C(=O)NC3CC3)cc2[N+](=O)[O-])CC1. The van der Waals surface area contributed by atoms with Crippen LogP contribution < -0.4 is 10.2 Å². The van der Waals surface area contributed by atoms with Gasteiger partial charge in [-0.1, -0.05) is 0 Å². The van der Waals surface area contributed by atoms with Crippen LogP contribution in [-0.2, 0) is 13.6 Å². The normalized spacial score (nSPS) is 17.5. The lowest BCUT2D eigenvalue weighted by Crippen LogP contribution is -2.46. The van der Waals surface area contributed by atoms with E-state index in [0.29, 0.717) is 24.3 Å². The van der Waals surface area contributed by atoms with Crippen LogP contribution in [0.2, 0.25) is 0 Å². The van der Waals surface area contributed by atoms with Crippen molar-refractivity contribution < 1.29 is 9.72 Å². The Balaban J connectivity index is 1.44. The predicted molar refractivity (Wildman–Crippen MR) is 104 cm³/mol. The van der Waals surface area contributed by atoms with Crippen LogP contribution >= 0.6 is 0 Å². The molecule has 1 aromatic carbocycles. The minimum absolute atomic E-state index is 0.0130. The number of aryl methyl sites for hydroxylation is 1. The van der Waals surface area contributed by atoms with Gasteiger partial charge in [-0.25, -0.2) is 4.98 Å². The van der Waals surface area contributed by atoms with Crippen molar-refractivity contribution in [1.29, 1.82) is 0 Å². The fraction of sp³-hybridized carbons (Fsp3) is 0.474. The van der Waals surface area contributed by atoms with Gasteiger partial charge < -0.3 is 14.8 Å². The Labute approximate surface area is 163 Å². The molecule has 0 unspecified atom stereocenters. The Bertz CT molecular complexity index is 884. The first-order valence-corrected chi connectivity index (χ1v) is 9.54. The number of benzene rings is 1. The van der Waals surface area contributed by atoms with Gasteiger partial charge in [0.1, 0.15) is 11.5 Å². The lowest BCUT2D eigenvalue weighted by Gasteiger charge is -2.35. The van der Waals surface area contributed by atoms with Crippen LogP contribution in [0.25, 0.3) is 0 Å². The van der Waals surface area contributed by atoms with Crippen molar-refractivity contribution in [2.24, 2.45) is 7.05 Å². The first-order chi connectivity index (χ1) is 13.5. The fourth-order valence-electron chi connectivity index (χ4n) is 3.47. The van der Waals surface area contributed by atoms with Crippen LogP contribution in [0.1, 0.15) is 29.0 Å². The van der Waals surface area contributed by atoms with Crippen LogP contribution in [0.15, 0.2) is 30.6 Å². The minimum Gasteiger partial charge on any atom is -0.363 e. The quantitative estimate of drug-likeness (QED) is 0.599. The maximum absolute atomic E-state index is 12.2. The molecule has 148 valence electrons. The third-order valence-electron chi connectivity index (χ3n) is 5.35. The third kappa shape index (κ3) is 3.99.